The first kappa shape index (κ1) is 16.2. The van der Waals surface area contributed by atoms with Crippen LogP contribution >= 0.6 is 11.6 Å². The maximum atomic E-state index is 12.8. The van der Waals surface area contributed by atoms with Crippen LogP contribution in [0.5, 0.6) is 0 Å². The molecule has 0 aromatic heterocycles. The molecule has 2 aromatic carbocycles. The summed E-state index contributed by atoms with van der Waals surface area (Å²) in [5.74, 6) is 0.720. The number of hydrogen-bond donors (Lipinski definition) is 2. The number of fused-ring (bicyclic) bond motifs is 3. The summed E-state index contributed by atoms with van der Waals surface area (Å²) >= 11 is 5.91. The van der Waals surface area contributed by atoms with Crippen molar-refractivity contribution in [2.45, 2.75) is 24.8 Å². The Morgan fingerprint density at radius 2 is 1.96 bits per heavy atom. The number of amides is 1. The molecule has 2 N–H and O–H groups in total. The third-order valence-electron chi connectivity index (χ3n) is 5.18. The molecule has 2 aliphatic rings. The Bertz CT molecular complexity index is 800. The zero-order valence-electron chi connectivity index (χ0n) is 13.9. The molecular formula is C21H21ClN2O. The summed E-state index contributed by atoms with van der Waals surface area (Å²) in [6.45, 7) is 0.630. The molecule has 25 heavy (non-hydrogen) atoms. The molecule has 4 heteroatoms. The second kappa shape index (κ2) is 6.93. The topological polar surface area (TPSA) is 41.1 Å². The Hall–Kier alpha value is -2.26. The molecule has 128 valence electrons. The van der Waals surface area contributed by atoms with Crippen molar-refractivity contribution < 1.29 is 4.79 Å². The maximum Gasteiger partial charge on any atom is 0.242 e. The fraction of sp³-hybridized carbons (Fsp3) is 0.286. The quantitative estimate of drug-likeness (QED) is 0.811. The Kier molecular flexibility index (Phi) is 4.50. The lowest BCUT2D eigenvalue weighted by Gasteiger charge is -2.36. The van der Waals surface area contributed by atoms with Gasteiger partial charge in [0.2, 0.25) is 5.91 Å². The molecule has 3 atom stereocenters. The van der Waals surface area contributed by atoms with E-state index in [4.69, 9.17) is 11.6 Å². The van der Waals surface area contributed by atoms with Gasteiger partial charge in [0.15, 0.2) is 0 Å². The van der Waals surface area contributed by atoms with Crippen LogP contribution < -0.4 is 10.6 Å². The van der Waals surface area contributed by atoms with Gasteiger partial charge in [-0.1, -0.05) is 54.1 Å². The van der Waals surface area contributed by atoms with Gasteiger partial charge in [-0.3, -0.25) is 4.79 Å². The highest BCUT2D eigenvalue weighted by Crippen LogP contribution is 2.44. The number of halogens is 1. The highest BCUT2D eigenvalue weighted by molar-refractivity contribution is 6.30. The fourth-order valence-corrected chi connectivity index (χ4v) is 4.02. The van der Waals surface area contributed by atoms with Gasteiger partial charge in [0, 0.05) is 29.1 Å². The van der Waals surface area contributed by atoms with Crippen LogP contribution in [0, 0.1) is 5.92 Å². The number of rotatable bonds is 4. The molecule has 0 spiro atoms. The second-order valence-corrected chi connectivity index (χ2v) is 7.17. The van der Waals surface area contributed by atoms with E-state index in [-0.39, 0.29) is 11.9 Å². The van der Waals surface area contributed by atoms with Crippen molar-refractivity contribution in [3.8, 4) is 0 Å². The molecule has 1 aliphatic heterocycles. The van der Waals surface area contributed by atoms with Gasteiger partial charge in [0.05, 0.1) is 0 Å². The number of benzene rings is 2. The van der Waals surface area contributed by atoms with Crippen LogP contribution in [0.2, 0.25) is 5.02 Å². The highest BCUT2D eigenvalue weighted by atomic mass is 35.5. The largest absolute Gasteiger partial charge is 0.373 e. The van der Waals surface area contributed by atoms with Crippen LogP contribution in [-0.2, 0) is 11.2 Å². The number of allylic oxidation sites excluding steroid dienone is 2. The first-order chi connectivity index (χ1) is 12.2. The summed E-state index contributed by atoms with van der Waals surface area (Å²) < 4.78 is 0. The number of nitrogens with one attached hydrogen (secondary N) is 2. The third-order valence-corrected chi connectivity index (χ3v) is 5.43. The van der Waals surface area contributed by atoms with Crippen LogP contribution in [0.25, 0.3) is 0 Å². The number of carbonyl (C=O) groups is 1. The van der Waals surface area contributed by atoms with Gasteiger partial charge in [-0.25, -0.2) is 0 Å². The normalized spacial score (nSPS) is 23.5. The zero-order chi connectivity index (χ0) is 17.2. The molecule has 1 heterocycles. The van der Waals surface area contributed by atoms with Crippen molar-refractivity contribution in [3.63, 3.8) is 0 Å². The lowest BCUT2D eigenvalue weighted by atomic mass is 9.79. The van der Waals surface area contributed by atoms with E-state index < -0.39 is 0 Å². The van der Waals surface area contributed by atoms with Crippen LogP contribution in [0.1, 0.15) is 23.5 Å². The van der Waals surface area contributed by atoms with E-state index >= 15 is 0 Å². The second-order valence-electron chi connectivity index (χ2n) is 6.73. The Labute approximate surface area is 153 Å². The van der Waals surface area contributed by atoms with Crippen molar-refractivity contribution in [2.75, 3.05) is 11.9 Å². The van der Waals surface area contributed by atoms with Crippen LogP contribution in [-0.4, -0.2) is 18.5 Å². The van der Waals surface area contributed by atoms with Gasteiger partial charge >= 0.3 is 0 Å². The molecule has 1 aliphatic carbocycles. The summed E-state index contributed by atoms with van der Waals surface area (Å²) in [6, 6.07) is 15.9. The van der Waals surface area contributed by atoms with Gasteiger partial charge in [0.25, 0.3) is 0 Å². The van der Waals surface area contributed by atoms with E-state index in [0.717, 1.165) is 23.6 Å². The molecular weight excluding hydrogens is 332 g/mol. The molecule has 3 unspecified atom stereocenters. The molecule has 1 amide bonds. The predicted octanol–water partition coefficient (Wildman–Crippen LogP) is 4.15. The van der Waals surface area contributed by atoms with E-state index in [0.29, 0.717) is 18.4 Å². The fourth-order valence-electron chi connectivity index (χ4n) is 3.89. The van der Waals surface area contributed by atoms with Crippen LogP contribution in [0.4, 0.5) is 5.69 Å². The summed E-state index contributed by atoms with van der Waals surface area (Å²) in [5, 5.41) is 7.29. The molecule has 0 bridgehead atoms. The predicted molar refractivity (Wildman–Crippen MR) is 102 cm³/mol. The first-order valence-electron chi connectivity index (χ1n) is 8.76. The summed E-state index contributed by atoms with van der Waals surface area (Å²) in [5.41, 5.74) is 3.55. The molecule has 2 aromatic rings. The monoisotopic (exact) mass is 352 g/mol. The first-order valence-corrected chi connectivity index (χ1v) is 9.14. The van der Waals surface area contributed by atoms with E-state index in [1.807, 2.05) is 30.3 Å². The maximum absolute atomic E-state index is 12.8. The average molecular weight is 353 g/mol. The van der Waals surface area contributed by atoms with Crippen LogP contribution in [0.15, 0.2) is 60.7 Å². The van der Waals surface area contributed by atoms with Gasteiger partial charge in [-0.2, -0.15) is 0 Å². The minimum atomic E-state index is -0.180. The van der Waals surface area contributed by atoms with Crippen molar-refractivity contribution in [2.24, 2.45) is 5.92 Å². The average Bonchev–Trinajstić information content (AvgIpc) is 3.12. The van der Waals surface area contributed by atoms with Crippen LogP contribution in [0.3, 0.4) is 0 Å². The molecule has 3 nitrogen and oxygen atoms in total. The summed E-state index contributed by atoms with van der Waals surface area (Å²) in [4.78, 5) is 12.8. The van der Waals surface area contributed by atoms with Gasteiger partial charge < -0.3 is 10.6 Å². The summed E-state index contributed by atoms with van der Waals surface area (Å²) in [7, 11) is 0. The number of hydrogen-bond acceptors (Lipinski definition) is 2. The number of carbonyl (C=O) groups excluding carboxylic acids is 1. The van der Waals surface area contributed by atoms with E-state index in [1.165, 1.54) is 11.1 Å². The minimum absolute atomic E-state index is 0.0853. The van der Waals surface area contributed by atoms with E-state index in [9.17, 15) is 4.79 Å². The molecule has 0 fully saturated rings. The molecule has 0 radical (unpaired) electrons. The number of anilines is 1. The van der Waals surface area contributed by atoms with E-state index in [1.54, 1.807) is 0 Å². The Balaban J connectivity index is 1.41. The molecule has 4 rings (SSSR count). The molecule has 0 saturated carbocycles. The molecule has 0 saturated heterocycles. The van der Waals surface area contributed by atoms with Gasteiger partial charge in [-0.05, 0) is 42.2 Å². The minimum Gasteiger partial charge on any atom is -0.373 e. The van der Waals surface area contributed by atoms with Crippen molar-refractivity contribution in [1.82, 2.24) is 5.32 Å². The highest BCUT2D eigenvalue weighted by Gasteiger charge is 2.40. The standard InChI is InChI=1S/C21H21ClN2O/c22-15-10-8-14(9-11-15)12-13-23-21(25)20-18-6-3-5-16(18)17-4-1-2-7-19(17)24-20/h1-5,7-11,16,18,20,24H,6,12-13H2,(H,23,25). The zero-order valence-corrected chi connectivity index (χ0v) is 14.7. The smallest absolute Gasteiger partial charge is 0.242 e. The lowest BCUT2D eigenvalue weighted by molar-refractivity contribution is -0.123. The van der Waals surface area contributed by atoms with Gasteiger partial charge in [0.1, 0.15) is 6.04 Å². The third kappa shape index (κ3) is 3.29. The van der Waals surface area contributed by atoms with Crippen molar-refractivity contribution in [1.29, 1.82) is 0 Å². The van der Waals surface area contributed by atoms with Crippen molar-refractivity contribution >= 4 is 23.2 Å². The van der Waals surface area contributed by atoms with Crippen molar-refractivity contribution in [3.05, 3.63) is 76.8 Å². The number of para-hydroxylation sites is 1. The Morgan fingerprint density at radius 3 is 2.80 bits per heavy atom. The lowest BCUT2D eigenvalue weighted by Crippen LogP contribution is -2.48. The SMILES string of the molecule is O=C(NCCc1ccc(Cl)cc1)C1Nc2ccccc2C2C=CCC12. The summed E-state index contributed by atoms with van der Waals surface area (Å²) in [6.07, 6.45) is 6.20. The van der Waals surface area contributed by atoms with E-state index in [2.05, 4.69) is 41.0 Å². The Morgan fingerprint density at radius 1 is 1.16 bits per heavy atom. The van der Waals surface area contributed by atoms with Gasteiger partial charge in [-0.15, -0.1) is 0 Å².